The third-order valence-electron chi connectivity index (χ3n) is 11.2. The molecule has 0 aliphatic heterocycles. The van der Waals surface area contributed by atoms with E-state index in [1.54, 1.807) is 6.08 Å². The van der Waals surface area contributed by atoms with E-state index in [0.29, 0.717) is 6.42 Å². The van der Waals surface area contributed by atoms with Gasteiger partial charge in [0.1, 0.15) is 0 Å². The van der Waals surface area contributed by atoms with E-state index in [1.807, 2.05) is 6.08 Å². The molecule has 2 atom stereocenters. The van der Waals surface area contributed by atoms with Gasteiger partial charge >= 0.3 is 7.82 Å². The van der Waals surface area contributed by atoms with Crippen molar-refractivity contribution in [2.45, 2.75) is 276 Å². The molecule has 0 rings (SSSR count). The van der Waals surface area contributed by atoms with E-state index in [1.165, 1.54) is 205 Å². The van der Waals surface area contributed by atoms with Gasteiger partial charge in [-0.25, -0.2) is 4.57 Å². The van der Waals surface area contributed by atoms with Crippen molar-refractivity contribution in [3.05, 3.63) is 12.2 Å². The minimum atomic E-state index is -4.71. The average molecular weight is 800 g/mol. The highest BCUT2D eigenvalue weighted by molar-refractivity contribution is 7.46. The summed E-state index contributed by atoms with van der Waals surface area (Å²) in [6.07, 6.45) is 52.7. The molecule has 0 aromatic rings. The summed E-state index contributed by atoms with van der Waals surface area (Å²) < 4.78 is 15.9. The van der Waals surface area contributed by atoms with Crippen LogP contribution in [0.15, 0.2) is 12.2 Å². The molecule has 0 aromatic carbocycles. The monoisotopic (exact) mass is 800 g/mol. The standard InChI is InChI=1S/C47H94NO6P/c1-3-5-7-9-11-13-15-16-17-18-19-20-21-22-23-24-25-26-27-28-29-30-31-33-35-37-39-41-43-47(50)48-45(44-54-55(51,52)53)46(49)42-40-38-36-34-32-14-12-10-8-6-4-2/h40,42,45-46,49H,3-39,41,43-44H2,1-2H3,(H,48,50)(H2,51,52,53)/b42-40+/t45-,46+/m0/s1. The lowest BCUT2D eigenvalue weighted by Crippen LogP contribution is -2.45. The van der Waals surface area contributed by atoms with Crippen molar-refractivity contribution in [3.8, 4) is 0 Å². The maximum absolute atomic E-state index is 12.6. The Kier molecular flexibility index (Phi) is 42.3. The fourth-order valence-corrected chi connectivity index (χ4v) is 7.93. The van der Waals surface area contributed by atoms with Crippen molar-refractivity contribution >= 4 is 13.7 Å². The lowest BCUT2D eigenvalue weighted by molar-refractivity contribution is -0.123. The molecule has 0 saturated heterocycles. The number of phosphoric ester groups is 1. The number of allylic oxidation sites excluding steroid dienone is 1. The van der Waals surface area contributed by atoms with E-state index >= 15 is 0 Å². The molecular weight excluding hydrogens is 705 g/mol. The van der Waals surface area contributed by atoms with Crippen molar-refractivity contribution < 1.29 is 28.8 Å². The number of carbonyl (C=O) groups is 1. The number of hydrogen-bond acceptors (Lipinski definition) is 4. The number of aliphatic hydroxyl groups is 1. The van der Waals surface area contributed by atoms with Crippen LogP contribution in [0.25, 0.3) is 0 Å². The topological polar surface area (TPSA) is 116 Å². The average Bonchev–Trinajstić information content (AvgIpc) is 3.16. The van der Waals surface area contributed by atoms with Gasteiger partial charge in [0.15, 0.2) is 0 Å². The van der Waals surface area contributed by atoms with Crippen LogP contribution in [0.4, 0.5) is 0 Å². The van der Waals surface area contributed by atoms with Gasteiger partial charge in [0.2, 0.25) is 5.91 Å². The molecule has 0 heterocycles. The number of phosphoric acid groups is 1. The SMILES string of the molecule is CCCCCCCCCCC/C=C/[C@@H](O)[C@H](COP(=O)(O)O)NC(=O)CCCCCCCCCCCCCCCCCCCCCCCCCCCCCC. The van der Waals surface area contributed by atoms with Crippen molar-refractivity contribution in [2.75, 3.05) is 6.61 Å². The molecule has 7 nitrogen and oxygen atoms in total. The molecule has 0 saturated carbocycles. The first-order chi connectivity index (χ1) is 26.8. The van der Waals surface area contributed by atoms with Gasteiger partial charge in [0, 0.05) is 6.42 Å². The van der Waals surface area contributed by atoms with Crippen LogP contribution in [0.1, 0.15) is 264 Å². The zero-order chi connectivity index (χ0) is 40.3. The number of nitrogens with one attached hydrogen (secondary N) is 1. The Balaban J connectivity index is 3.69. The Hall–Kier alpha value is -0.720. The number of hydrogen-bond donors (Lipinski definition) is 4. The molecular formula is C47H94NO6P. The first-order valence-corrected chi connectivity index (χ1v) is 25.7. The Bertz CT molecular complexity index is 864. The smallest absolute Gasteiger partial charge is 0.387 e. The highest BCUT2D eigenvalue weighted by atomic mass is 31.2. The van der Waals surface area contributed by atoms with Crippen LogP contribution < -0.4 is 5.32 Å². The molecule has 55 heavy (non-hydrogen) atoms. The van der Waals surface area contributed by atoms with Crippen molar-refractivity contribution in [1.82, 2.24) is 5.32 Å². The second-order valence-corrected chi connectivity index (χ2v) is 18.0. The third-order valence-corrected chi connectivity index (χ3v) is 11.7. The fraction of sp³-hybridized carbons (Fsp3) is 0.936. The number of rotatable bonds is 45. The summed E-state index contributed by atoms with van der Waals surface area (Å²) in [5.74, 6) is -0.222. The summed E-state index contributed by atoms with van der Waals surface area (Å²) in [6.45, 7) is 4.08. The van der Waals surface area contributed by atoms with Gasteiger partial charge in [-0.05, 0) is 19.3 Å². The molecule has 0 fully saturated rings. The quantitative estimate of drug-likeness (QED) is 0.0277. The van der Waals surface area contributed by atoms with Crippen molar-refractivity contribution in [3.63, 3.8) is 0 Å². The van der Waals surface area contributed by atoms with Gasteiger partial charge in [-0.15, -0.1) is 0 Å². The second-order valence-electron chi connectivity index (χ2n) is 16.8. The highest BCUT2D eigenvalue weighted by Crippen LogP contribution is 2.36. The Morgan fingerprint density at radius 2 is 0.800 bits per heavy atom. The van der Waals surface area contributed by atoms with Crippen LogP contribution in [0.3, 0.4) is 0 Å². The van der Waals surface area contributed by atoms with Crippen LogP contribution in [0.2, 0.25) is 0 Å². The molecule has 0 unspecified atom stereocenters. The number of amides is 1. The molecule has 0 spiro atoms. The summed E-state index contributed by atoms with van der Waals surface area (Å²) in [4.78, 5) is 30.9. The van der Waals surface area contributed by atoms with Gasteiger partial charge in [-0.1, -0.05) is 251 Å². The molecule has 0 aliphatic carbocycles. The second kappa shape index (κ2) is 42.9. The number of aliphatic hydroxyl groups excluding tert-OH is 1. The van der Waals surface area contributed by atoms with Gasteiger partial charge < -0.3 is 20.2 Å². The van der Waals surface area contributed by atoms with E-state index in [4.69, 9.17) is 9.79 Å². The third kappa shape index (κ3) is 44.2. The van der Waals surface area contributed by atoms with Gasteiger partial charge in [-0.2, -0.15) is 0 Å². The molecule has 328 valence electrons. The van der Waals surface area contributed by atoms with Crippen LogP contribution in [-0.4, -0.2) is 39.6 Å². The summed E-state index contributed by atoms with van der Waals surface area (Å²) in [5, 5.41) is 13.4. The minimum Gasteiger partial charge on any atom is -0.387 e. The predicted molar refractivity (Wildman–Crippen MR) is 236 cm³/mol. The van der Waals surface area contributed by atoms with Crippen LogP contribution in [0, 0.1) is 0 Å². The Labute approximate surface area is 342 Å². The lowest BCUT2D eigenvalue weighted by atomic mass is 10.0. The molecule has 1 amide bonds. The first kappa shape index (κ1) is 54.3. The number of carbonyl (C=O) groups excluding carboxylic acids is 1. The molecule has 4 N–H and O–H groups in total. The molecule has 0 bridgehead atoms. The van der Waals surface area contributed by atoms with Gasteiger partial charge in [0.05, 0.1) is 18.8 Å². The van der Waals surface area contributed by atoms with Crippen LogP contribution >= 0.6 is 7.82 Å². The maximum atomic E-state index is 12.6. The van der Waals surface area contributed by atoms with Gasteiger partial charge in [-0.3, -0.25) is 9.32 Å². The van der Waals surface area contributed by atoms with E-state index in [9.17, 15) is 14.5 Å². The van der Waals surface area contributed by atoms with Crippen LogP contribution in [0.5, 0.6) is 0 Å². The minimum absolute atomic E-state index is 0.222. The summed E-state index contributed by atoms with van der Waals surface area (Å²) in [7, 11) is -4.71. The van der Waals surface area contributed by atoms with E-state index in [-0.39, 0.29) is 5.91 Å². The zero-order valence-electron chi connectivity index (χ0n) is 36.6. The highest BCUT2D eigenvalue weighted by Gasteiger charge is 2.24. The molecule has 0 radical (unpaired) electrons. The fourth-order valence-electron chi connectivity index (χ4n) is 7.58. The predicted octanol–water partition coefficient (Wildman–Crippen LogP) is 14.8. The van der Waals surface area contributed by atoms with E-state index in [2.05, 4.69) is 23.7 Å². The largest absolute Gasteiger partial charge is 0.469 e. The summed E-state index contributed by atoms with van der Waals surface area (Å²) in [5.41, 5.74) is 0. The van der Waals surface area contributed by atoms with E-state index in [0.717, 1.165) is 38.5 Å². The Morgan fingerprint density at radius 3 is 1.11 bits per heavy atom. The van der Waals surface area contributed by atoms with Crippen molar-refractivity contribution in [1.29, 1.82) is 0 Å². The van der Waals surface area contributed by atoms with Crippen LogP contribution in [-0.2, 0) is 13.9 Å². The zero-order valence-corrected chi connectivity index (χ0v) is 37.5. The van der Waals surface area contributed by atoms with E-state index < -0.39 is 26.6 Å². The Morgan fingerprint density at radius 1 is 0.509 bits per heavy atom. The molecule has 8 heteroatoms. The summed E-state index contributed by atoms with van der Waals surface area (Å²) in [6, 6.07) is -0.904. The molecule has 0 aliphatic rings. The summed E-state index contributed by atoms with van der Waals surface area (Å²) >= 11 is 0. The van der Waals surface area contributed by atoms with Crippen molar-refractivity contribution in [2.24, 2.45) is 0 Å². The molecule has 0 aromatic heterocycles. The lowest BCUT2D eigenvalue weighted by Gasteiger charge is -2.22. The van der Waals surface area contributed by atoms with Gasteiger partial charge in [0.25, 0.3) is 0 Å². The maximum Gasteiger partial charge on any atom is 0.469 e. The normalized spacial score (nSPS) is 13.2. The first-order valence-electron chi connectivity index (χ1n) is 24.1. The number of unbranched alkanes of at least 4 members (excludes halogenated alkanes) is 36.